The Labute approximate surface area is 237 Å². The number of ether oxygens (including phenoxy) is 2. The van der Waals surface area contributed by atoms with Crippen molar-refractivity contribution >= 4 is 0 Å². The molecule has 4 rings (SSSR count). The van der Waals surface area contributed by atoms with Crippen LogP contribution in [0.1, 0.15) is 82.3 Å². The smallest absolute Gasteiger partial charge is 0.166 e. The minimum Gasteiger partial charge on any atom is -0.352 e. The number of hydrogen-bond donors (Lipinski definition) is 0. The van der Waals surface area contributed by atoms with E-state index in [-0.39, 0.29) is 23.6 Å². The van der Waals surface area contributed by atoms with Crippen LogP contribution in [0.4, 0.5) is 13.2 Å². The summed E-state index contributed by atoms with van der Waals surface area (Å²) in [5.41, 5.74) is 3.46. The number of aryl methyl sites for hydroxylation is 1. The summed E-state index contributed by atoms with van der Waals surface area (Å²) >= 11 is 0. The first-order chi connectivity index (χ1) is 19.5. The summed E-state index contributed by atoms with van der Waals surface area (Å²) in [6.45, 7) is 5.06. The molecule has 1 aliphatic rings. The molecule has 3 aromatic carbocycles. The molecule has 40 heavy (non-hydrogen) atoms. The van der Waals surface area contributed by atoms with Crippen molar-refractivity contribution in [2.75, 3.05) is 13.2 Å². The van der Waals surface area contributed by atoms with Crippen molar-refractivity contribution in [2.24, 2.45) is 0 Å². The van der Waals surface area contributed by atoms with Gasteiger partial charge in [-0.1, -0.05) is 99.7 Å². The van der Waals surface area contributed by atoms with Crippen LogP contribution in [-0.2, 0) is 15.9 Å². The zero-order chi connectivity index (χ0) is 28.3. The van der Waals surface area contributed by atoms with Crippen molar-refractivity contribution in [1.82, 2.24) is 0 Å². The molecule has 1 saturated heterocycles. The maximum Gasteiger partial charge on any atom is 0.166 e. The molecule has 1 fully saturated rings. The van der Waals surface area contributed by atoms with E-state index in [1.54, 1.807) is 24.3 Å². The van der Waals surface area contributed by atoms with Crippen LogP contribution in [0, 0.1) is 17.5 Å². The molecule has 214 valence electrons. The molecule has 3 aromatic rings. The lowest BCUT2D eigenvalue weighted by molar-refractivity contribution is -0.160. The second kappa shape index (κ2) is 15.2. The van der Waals surface area contributed by atoms with Gasteiger partial charge in [-0.25, -0.2) is 13.2 Å². The van der Waals surface area contributed by atoms with Gasteiger partial charge in [0.2, 0.25) is 0 Å². The molecule has 0 saturated carbocycles. The van der Waals surface area contributed by atoms with Crippen LogP contribution in [0.3, 0.4) is 0 Å². The fourth-order valence-corrected chi connectivity index (χ4v) is 5.34. The largest absolute Gasteiger partial charge is 0.352 e. The molecule has 2 atom stereocenters. The molecular weight excluding hydrogens is 509 g/mol. The third-order valence-electron chi connectivity index (χ3n) is 7.78. The van der Waals surface area contributed by atoms with E-state index in [1.165, 1.54) is 25.3 Å². The monoisotopic (exact) mass is 550 g/mol. The molecule has 0 N–H and O–H groups in total. The number of benzene rings is 3. The Hall–Kier alpha value is -2.89. The van der Waals surface area contributed by atoms with E-state index in [9.17, 15) is 8.78 Å². The molecule has 0 radical (unpaired) electrons. The highest BCUT2D eigenvalue weighted by Crippen LogP contribution is 2.34. The summed E-state index contributed by atoms with van der Waals surface area (Å²) in [6.07, 6.45) is 12.3. The lowest BCUT2D eigenvalue weighted by Gasteiger charge is -2.29. The van der Waals surface area contributed by atoms with Gasteiger partial charge in [-0.05, 0) is 66.5 Å². The Morgan fingerprint density at radius 1 is 0.825 bits per heavy atom. The van der Waals surface area contributed by atoms with Crippen molar-refractivity contribution in [3.63, 3.8) is 0 Å². The van der Waals surface area contributed by atoms with Gasteiger partial charge in [0.1, 0.15) is 5.82 Å². The van der Waals surface area contributed by atoms with Gasteiger partial charge in [0, 0.05) is 11.5 Å². The number of hydrogen-bond acceptors (Lipinski definition) is 2. The first-order valence-corrected chi connectivity index (χ1v) is 14.7. The summed E-state index contributed by atoms with van der Waals surface area (Å²) in [5.74, 6) is -1.84. The summed E-state index contributed by atoms with van der Waals surface area (Å²) in [6, 6.07) is 15.8. The van der Waals surface area contributed by atoms with Crippen LogP contribution < -0.4 is 0 Å². The topological polar surface area (TPSA) is 18.5 Å². The lowest BCUT2D eigenvalue weighted by atomic mass is 9.91. The fourth-order valence-electron chi connectivity index (χ4n) is 5.34. The average molecular weight is 551 g/mol. The van der Waals surface area contributed by atoms with Crippen LogP contribution in [0.25, 0.3) is 22.3 Å². The summed E-state index contributed by atoms with van der Waals surface area (Å²) < 4.78 is 56.4. The van der Waals surface area contributed by atoms with Gasteiger partial charge < -0.3 is 9.47 Å². The first kappa shape index (κ1) is 30.1. The molecule has 0 amide bonds. The Kier molecular flexibility index (Phi) is 11.4. The molecule has 2 unspecified atom stereocenters. The summed E-state index contributed by atoms with van der Waals surface area (Å²) in [5, 5.41) is 0. The fraction of sp³-hybridized carbons (Fsp3) is 0.429. The molecule has 1 aliphatic heterocycles. The molecule has 2 nitrogen and oxygen atoms in total. The summed E-state index contributed by atoms with van der Waals surface area (Å²) in [7, 11) is 0. The van der Waals surface area contributed by atoms with E-state index >= 15 is 4.39 Å². The molecule has 0 aliphatic carbocycles. The lowest BCUT2D eigenvalue weighted by Crippen LogP contribution is -2.27. The van der Waals surface area contributed by atoms with E-state index in [1.807, 2.05) is 43.3 Å². The minimum absolute atomic E-state index is 0.0140. The molecular formula is C35H41F3O2. The predicted molar refractivity (Wildman–Crippen MR) is 157 cm³/mol. The number of unbranched alkanes of at least 4 members (excludes halogenated alkanes) is 5. The number of allylic oxidation sites excluding steroid dienone is 1. The zero-order valence-electron chi connectivity index (χ0n) is 23.7. The second-order valence-electron chi connectivity index (χ2n) is 10.7. The van der Waals surface area contributed by atoms with Crippen molar-refractivity contribution in [1.29, 1.82) is 0 Å². The first-order valence-electron chi connectivity index (χ1n) is 14.7. The van der Waals surface area contributed by atoms with Gasteiger partial charge in [-0.15, -0.1) is 0 Å². The van der Waals surface area contributed by atoms with Crippen LogP contribution in [0.2, 0.25) is 0 Å². The van der Waals surface area contributed by atoms with Crippen LogP contribution >= 0.6 is 0 Å². The van der Waals surface area contributed by atoms with Crippen LogP contribution in [-0.4, -0.2) is 19.5 Å². The SMILES string of the molecule is CC=CCOC1CCC(c2ccc(-c3ccc(-c4ccc(CCCCCCCC)c(F)c4F)cc3)cc2F)CO1. The Morgan fingerprint density at radius 2 is 1.55 bits per heavy atom. The van der Waals surface area contributed by atoms with E-state index in [0.29, 0.717) is 36.3 Å². The number of rotatable bonds is 13. The summed E-state index contributed by atoms with van der Waals surface area (Å²) in [4.78, 5) is 0. The van der Waals surface area contributed by atoms with Crippen molar-refractivity contribution in [3.8, 4) is 22.3 Å². The van der Waals surface area contributed by atoms with E-state index in [0.717, 1.165) is 43.2 Å². The van der Waals surface area contributed by atoms with Gasteiger partial charge >= 0.3 is 0 Å². The molecule has 0 aromatic heterocycles. The second-order valence-corrected chi connectivity index (χ2v) is 10.7. The normalized spacial score (nSPS) is 17.5. The predicted octanol–water partition coefficient (Wildman–Crippen LogP) is 10.2. The van der Waals surface area contributed by atoms with Gasteiger partial charge in [0.25, 0.3) is 0 Å². The Morgan fingerprint density at radius 3 is 2.25 bits per heavy atom. The molecule has 5 heteroatoms. The van der Waals surface area contributed by atoms with Gasteiger partial charge in [-0.2, -0.15) is 0 Å². The van der Waals surface area contributed by atoms with Gasteiger partial charge in [0.05, 0.1) is 13.2 Å². The zero-order valence-corrected chi connectivity index (χ0v) is 23.7. The quantitative estimate of drug-likeness (QED) is 0.156. The molecule has 0 bridgehead atoms. The maximum absolute atomic E-state index is 15.1. The van der Waals surface area contributed by atoms with Crippen molar-refractivity contribution in [3.05, 3.63) is 95.3 Å². The minimum atomic E-state index is -0.809. The third-order valence-corrected chi connectivity index (χ3v) is 7.78. The number of halogens is 3. The van der Waals surface area contributed by atoms with Crippen LogP contribution in [0.15, 0.2) is 66.7 Å². The third kappa shape index (κ3) is 7.86. The molecule has 0 spiro atoms. The Bertz CT molecular complexity index is 1240. The van der Waals surface area contributed by atoms with Gasteiger partial charge in [-0.3, -0.25) is 0 Å². The molecule has 1 heterocycles. The van der Waals surface area contributed by atoms with E-state index < -0.39 is 11.6 Å². The van der Waals surface area contributed by atoms with Crippen molar-refractivity contribution < 1.29 is 22.6 Å². The van der Waals surface area contributed by atoms with E-state index in [2.05, 4.69) is 6.92 Å². The maximum atomic E-state index is 15.1. The van der Waals surface area contributed by atoms with Gasteiger partial charge in [0.15, 0.2) is 17.9 Å². The highest BCUT2D eigenvalue weighted by Gasteiger charge is 2.25. The average Bonchev–Trinajstić information content (AvgIpc) is 2.98. The van der Waals surface area contributed by atoms with E-state index in [4.69, 9.17) is 9.47 Å². The Balaban J connectivity index is 1.37. The highest BCUT2D eigenvalue weighted by atomic mass is 19.2. The van der Waals surface area contributed by atoms with Crippen LogP contribution in [0.5, 0.6) is 0 Å². The standard InChI is InChI=1S/C35H41F3O2/c1-3-5-7-8-9-10-11-27-16-20-31(35(38)34(27)37)26-14-12-25(13-15-26)28-17-19-30(32(36)23-28)29-18-21-33(40-24-29)39-22-6-4-2/h4,6,12-17,19-20,23,29,33H,3,5,7-11,18,21-22,24H2,1-2H3. The van der Waals surface area contributed by atoms with Crippen molar-refractivity contribution in [2.45, 2.75) is 83.8 Å². The highest BCUT2D eigenvalue weighted by molar-refractivity contribution is 5.71.